The largest absolute Gasteiger partial charge is 0.480 e. The summed E-state index contributed by atoms with van der Waals surface area (Å²) in [4.78, 5) is 25.7. The van der Waals surface area contributed by atoms with Crippen LogP contribution in [0.25, 0.3) is 0 Å². The van der Waals surface area contributed by atoms with Gasteiger partial charge in [-0.25, -0.2) is 14.6 Å². The zero-order chi connectivity index (χ0) is 16.2. The van der Waals surface area contributed by atoms with Crippen molar-refractivity contribution in [2.45, 2.75) is 26.1 Å². The van der Waals surface area contributed by atoms with Gasteiger partial charge in [0.1, 0.15) is 11.7 Å². The van der Waals surface area contributed by atoms with Crippen molar-refractivity contribution >= 4 is 17.7 Å². The lowest BCUT2D eigenvalue weighted by Crippen LogP contribution is -2.46. The summed E-state index contributed by atoms with van der Waals surface area (Å²) in [6.45, 7) is 3.22. The van der Waals surface area contributed by atoms with Crippen LogP contribution in [0.2, 0.25) is 0 Å². The topological polar surface area (TPSA) is 91.3 Å². The number of amides is 2. The van der Waals surface area contributed by atoms with Crippen LogP contribution in [-0.4, -0.2) is 28.1 Å². The van der Waals surface area contributed by atoms with Gasteiger partial charge in [-0.1, -0.05) is 13.8 Å². The van der Waals surface area contributed by atoms with E-state index in [-0.39, 0.29) is 11.6 Å². The van der Waals surface area contributed by atoms with Gasteiger partial charge in [-0.05, 0) is 18.1 Å². The average Bonchev–Trinajstić information content (AvgIpc) is 2.34. The van der Waals surface area contributed by atoms with Crippen LogP contribution in [0, 0.1) is 5.92 Å². The third-order valence-electron chi connectivity index (χ3n) is 2.53. The van der Waals surface area contributed by atoms with E-state index >= 15 is 0 Å². The minimum Gasteiger partial charge on any atom is -0.480 e. The zero-order valence-corrected chi connectivity index (χ0v) is 11.2. The van der Waals surface area contributed by atoms with Crippen molar-refractivity contribution in [2.24, 2.45) is 5.92 Å². The first-order valence-electron chi connectivity index (χ1n) is 5.95. The Hall–Kier alpha value is -2.32. The SMILES string of the molecule is CC(C)[C@@H](NC(=O)Nc1ccc(C(F)(F)F)nc1)C(=O)O. The van der Waals surface area contributed by atoms with Crippen LogP contribution in [0.1, 0.15) is 19.5 Å². The van der Waals surface area contributed by atoms with E-state index in [0.29, 0.717) is 6.07 Å². The molecule has 0 spiro atoms. The van der Waals surface area contributed by atoms with Crippen molar-refractivity contribution in [1.82, 2.24) is 10.3 Å². The van der Waals surface area contributed by atoms with Crippen molar-refractivity contribution in [3.05, 3.63) is 24.0 Å². The maximum Gasteiger partial charge on any atom is 0.433 e. The molecule has 9 heteroatoms. The molecule has 0 saturated carbocycles. The van der Waals surface area contributed by atoms with Crippen molar-refractivity contribution in [1.29, 1.82) is 0 Å². The smallest absolute Gasteiger partial charge is 0.433 e. The Morgan fingerprint density at radius 3 is 2.29 bits per heavy atom. The fourth-order valence-corrected chi connectivity index (χ4v) is 1.46. The molecule has 0 aliphatic carbocycles. The molecule has 0 bridgehead atoms. The Kier molecular flexibility index (Phi) is 5.12. The molecule has 0 aliphatic heterocycles. The molecule has 116 valence electrons. The van der Waals surface area contributed by atoms with Gasteiger partial charge in [0.15, 0.2) is 0 Å². The van der Waals surface area contributed by atoms with Gasteiger partial charge in [-0.2, -0.15) is 13.2 Å². The van der Waals surface area contributed by atoms with Crippen LogP contribution in [0.4, 0.5) is 23.7 Å². The summed E-state index contributed by atoms with van der Waals surface area (Å²) < 4.78 is 36.9. The number of hydrogen-bond acceptors (Lipinski definition) is 3. The third-order valence-corrected chi connectivity index (χ3v) is 2.53. The maximum atomic E-state index is 12.3. The molecule has 1 aromatic rings. The molecule has 0 unspecified atom stereocenters. The summed E-state index contributed by atoms with van der Waals surface area (Å²) in [5.74, 6) is -1.55. The van der Waals surface area contributed by atoms with Crippen LogP contribution in [0.3, 0.4) is 0 Å². The third kappa shape index (κ3) is 4.93. The summed E-state index contributed by atoms with van der Waals surface area (Å²) in [5.41, 5.74) is -1.06. The van der Waals surface area contributed by atoms with Crippen molar-refractivity contribution in [3.8, 4) is 0 Å². The quantitative estimate of drug-likeness (QED) is 0.796. The van der Waals surface area contributed by atoms with E-state index in [1.807, 2.05) is 0 Å². The number of aliphatic carboxylic acids is 1. The second kappa shape index (κ2) is 6.42. The molecule has 0 aliphatic rings. The Morgan fingerprint density at radius 1 is 1.29 bits per heavy atom. The molecule has 0 fully saturated rings. The zero-order valence-electron chi connectivity index (χ0n) is 11.2. The van der Waals surface area contributed by atoms with Crippen molar-refractivity contribution in [3.63, 3.8) is 0 Å². The minimum absolute atomic E-state index is 0.0217. The van der Waals surface area contributed by atoms with E-state index in [0.717, 1.165) is 12.3 Å². The van der Waals surface area contributed by atoms with E-state index < -0.39 is 29.9 Å². The number of halogens is 3. The molecule has 0 radical (unpaired) electrons. The standard InChI is InChI=1S/C12H14F3N3O3/c1-6(2)9(10(19)20)18-11(21)17-7-3-4-8(16-5-7)12(13,14)15/h3-6,9H,1-2H3,(H,19,20)(H2,17,18,21)/t9-/m1/s1. The molecule has 6 nitrogen and oxygen atoms in total. The van der Waals surface area contributed by atoms with Crippen molar-refractivity contribution in [2.75, 3.05) is 5.32 Å². The number of nitrogens with zero attached hydrogens (tertiary/aromatic N) is 1. The monoisotopic (exact) mass is 305 g/mol. The lowest BCUT2D eigenvalue weighted by atomic mass is 10.1. The Bertz CT molecular complexity index is 515. The van der Waals surface area contributed by atoms with Crippen molar-refractivity contribution < 1.29 is 27.9 Å². The van der Waals surface area contributed by atoms with Crippen LogP contribution in [0.5, 0.6) is 0 Å². The second-order valence-corrected chi connectivity index (χ2v) is 4.59. The van der Waals surface area contributed by atoms with Crippen LogP contribution < -0.4 is 10.6 Å². The normalized spacial score (nSPS) is 12.9. The maximum absolute atomic E-state index is 12.3. The van der Waals surface area contributed by atoms with Gasteiger partial charge < -0.3 is 15.7 Å². The molecule has 3 N–H and O–H groups in total. The number of urea groups is 1. The van der Waals surface area contributed by atoms with Gasteiger partial charge in [-0.3, -0.25) is 0 Å². The number of rotatable bonds is 4. The van der Waals surface area contributed by atoms with Gasteiger partial charge in [0.05, 0.1) is 11.9 Å². The molecular formula is C12H14F3N3O3. The number of carbonyl (C=O) groups excluding carboxylic acids is 1. The fraction of sp³-hybridized carbons (Fsp3) is 0.417. The lowest BCUT2D eigenvalue weighted by Gasteiger charge is -2.18. The first-order valence-corrected chi connectivity index (χ1v) is 5.95. The second-order valence-electron chi connectivity index (χ2n) is 4.59. The summed E-state index contributed by atoms with van der Waals surface area (Å²) >= 11 is 0. The average molecular weight is 305 g/mol. The first-order chi connectivity index (χ1) is 9.61. The summed E-state index contributed by atoms with van der Waals surface area (Å²) in [6, 6.07) is -0.196. The molecule has 1 aromatic heterocycles. The number of alkyl halides is 3. The number of anilines is 1. The van der Waals surface area contributed by atoms with Crippen LogP contribution >= 0.6 is 0 Å². The number of carboxylic acids is 1. The Labute approximate surface area is 118 Å². The molecule has 0 aromatic carbocycles. The highest BCUT2D eigenvalue weighted by molar-refractivity contribution is 5.92. The number of aromatic nitrogens is 1. The summed E-state index contributed by atoms with van der Waals surface area (Å²) in [7, 11) is 0. The number of pyridine rings is 1. The number of hydrogen-bond donors (Lipinski definition) is 3. The van der Waals surface area contributed by atoms with E-state index in [4.69, 9.17) is 5.11 Å². The number of nitrogens with one attached hydrogen (secondary N) is 2. The highest BCUT2D eigenvalue weighted by Gasteiger charge is 2.32. The number of carbonyl (C=O) groups is 2. The molecule has 1 heterocycles. The lowest BCUT2D eigenvalue weighted by molar-refractivity contribution is -0.141. The van der Waals surface area contributed by atoms with Crippen LogP contribution in [0.15, 0.2) is 18.3 Å². The van der Waals surface area contributed by atoms with E-state index in [9.17, 15) is 22.8 Å². The summed E-state index contributed by atoms with van der Waals surface area (Å²) in [6.07, 6.45) is -3.72. The minimum atomic E-state index is -4.56. The van der Waals surface area contributed by atoms with E-state index in [2.05, 4.69) is 15.6 Å². The molecule has 2 amide bonds. The van der Waals surface area contributed by atoms with Gasteiger partial charge in [0, 0.05) is 0 Å². The van der Waals surface area contributed by atoms with Gasteiger partial charge >= 0.3 is 18.2 Å². The van der Waals surface area contributed by atoms with Gasteiger partial charge in [0.25, 0.3) is 0 Å². The highest BCUT2D eigenvalue weighted by atomic mass is 19.4. The molecule has 1 rings (SSSR count). The Balaban J connectivity index is 2.69. The number of carboxylic acid groups (broad SMARTS) is 1. The molecular weight excluding hydrogens is 291 g/mol. The highest BCUT2D eigenvalue weighted by Crippen LogP contribution is 2.27. The summed E-state index contributed by atoms with van der Waals surface area (Å²) in [5, 5.41) is 13.3. The van der Waals surface area contributed by atoms with E-state index in [1.165, 1.54) is 0 Å². The van der Waals surface area contributed by atoms with Gasteiger partial charge in [-0.15, -0.1) is 0 Å². The van der Waals surface area contributed by atoms with Gasteiger partial charge in [0.2, 0.25) is 0 Å². The Morgan fingerprint density at radius 2 is 1.90 bits per heavy atom. The van der Waals surface area contributed by atoms with Crippen LogP contribution in [-0.2, 0) is 11.0 Å². The molecule has 21 heavy (non-hydrogen) atoms. The van der Waals surface area contributed by atoms with E-state index in [1.54, 1.807) is 13.8 Å². The predicted octanol–water partition coefficient (Wildman–Crippen LogP) is 2.33. The fourth-order valence-electron chi connectivity index (χ4n) is 1.46. The molecule has 0 saturated heterocycles. The predicted molar refractivity (Wildman–Crippen MR) is 67.7 cm³/mol. The first kappa shape index (κ1) is 16.7. The molecule has 1 atom stereocenters.